The molecular formula is C7H3BrF3N3. The summed E-state index contributed by atoms with van der Waals surface area (Å²) in [6, 6.07) is 1.49. The van der Waals surface area contributed by atoms with Crippen LogP contribution in [0.5, 0.6) is 0 Å². The zero-order chi connectivity index (χ0) is 10.3. The number of fused-ring (bicyclic) bond motifs is 1. The van der Waals surface area contributed by atoms with E-state index in [9.17, 15) is 13.2 Å². The third-order valence-corrected chi connectivity index (χ3v) is 2.01. The Balaban J connectivity index is 2.63. The Morgan fingerprint density at radius 2 is 2.07 bits per heavy atom. The fraction of sp³-hybridized carbons (Fsp3) is 0.143. The predicted octanol–water partition coefficient (Wildman–Crippen LogP) is 2.74. The highest BCUT2D eigenvalue weighted by molar-refractivity contribution is 9.10. The van der Waals surface area contributed by atoms with Crippen LogP contribution in [0.2, 0.25) is 0 Å². The number of aromatic nitrogens is 3. The summed E-state index contributed by atoms with van der Waals surface area (Å²) in [5.74, 6) is -1.03. The molecule has 0 bridgehead atoms. The molecule has 0 aliphatic rings. The van der Waals surface area contributed by atoms with E-state index in [0.29, 0.717) is 4.47 Å². The average molecular weight is 266 g/mol. The Kier molecular flexibility index (Phi) is 1.99. The summed E-state index contributed by atoms with van der Waals surface area (Å²) in [4.78, 5) is 9.19. The number of rotatable bonds is 0. The molecule has 0 saturated heterocycles. The minimum atomic E-state index is -4.47. The maximum Gasteiger partial charge on any atom is 0.449 e. The highest BCUT2D eigenvalue weighted by Crippen LogP contribution is 2.28. The van der Waals surface area contributed by atoms with Gasteiger partial charge in [0, 0.05) is 10.7 Å². The lowest BCUT2D eigenvalue weighted by Gasteiger charge is -1.98. The van der Waals surface area contributed by atoms with E-state index < -0.39 is 12.0 Å². The van der Waals surface area contributed by atoms with Crippen molar-refractivity contribution in [3.63, 3.8) is 0 Å². The first kappa shape index (κ1) is 9.45. The summed E-state index contributed by atoms with van der Waals surface area (Å²) < 4.78 is 37.2. The van der Waals surface area contributed by atoms with E-state index >= 15 is 0 Å². The van der Waals surface area contributed by atoms with Gasteiger partial charge in [-0.15, -0.1) is 0 Å². The number of nitrogens with zero attached hydrogens (tertiary/aromatic N) is 2. The number of alkyl halides is 3. The molecule has 1 N–H and O–H groups in total. The van der Waals surface area contributed by atoms with Gasteiger partial charge in [-0.1, -0.05) is 0 Å². The molecule has 0 aromatic carbocycles. The second-order valence-electron chi connectivity index (χ2n) is 2.61. The molecule has 14 heavy (non-hydrogen) atoms. The number of hydrogen-bond donors (Lipinski definition) is 1. The first-order chi connectivity index (χ1) is 6.47. The van der Waals surface area contributed by atoms with Crippen LogP contribution in [-0.4, -0.2) is 15.0 Å². The lowest BCUT2D eigenvalue weighted by molar-refractivity contribution is -0.144. The SMILES string of the molecule is FC(F)(F)c1nc2ncc(Br)cc2[nH]1. The highest BCUT2D eigenvalue weighted by atomic mass is 79.9. The smallest absolute Gasteiger partial charge is 0.333 e. The van der Waals surface area contributed by atoms with Crippen LogP contribution < -0.4 is 0 Å². The van der Waals surface area contributed by atoms with Gasteiger partial charge in [-0.25, -0.2) is 9.97 Å². The minimum Gasteiger partial charge on any atom is -0.333 e. The number of H-pyrrole nitrogens is 1. The summed E-state index contributed by atoms with van der Waals surface area (Å²) in [6.45, 7) is 0. The molecule has 2 aromatic rings. The molecule has 0 spiro atoms. The van der Waals surface area contributed by atoms with E-state index in [1.165, 1.54) is 12.3 Å². The molecule has 0 fully saturated rings. The van der Waals surface area contributed by atoms with E-state index in [0.717, 1.165) is 0 Å². The fourth-order valence-electron chi connectivity index (χ4n) is 1.01. The molecule has 0 aliphatic carbocycles. The van der Waals surface area contributed by atoms with E-state index in [2.05, 4.69) is 30.9 Å². The molecule has 2 heterocycles. The third kappa shape index (κ3) is 1.59. The number of imidazole rings is 1. The molecule has 0 saturated carbocycles. The van der Waals surface area contributed by atoms with Gasteiger partial charge in [-0.2, -0.15) is 13.2 Å². The van der Waals surface area contributed by atoms with Gasteiger partial charge in [0.05, 0.1) is 5.52 Å². The van der Waals surface area contributed by atoms with Crippen LogP contribution in [0.4, 0.5) is 13.2 Å². The van der Waals surface area contributed by atoms with Crippen LogP contribution in [0.15, 0.2) is 16.7 Å². The first-order valence-corrected chi connectivity index (χ1v) is 4.34. The van der Waals surface area contributed by atoms with Crippen molar-refractivity contribution in [1.82, 2.24) is 15.0 Å². The number of halogens is 4. The topological polar surface area (TPSA) is 41.6 Å². The van der Waals surface area contributed by atoms with E-state index in [4.69, 9.17) is 0 Å². The summed E-state index contributed by atoms with van der Waals surface area (Å²) in [5, 5.41) is 0. The van der Waals surface area contributed by atoms with Gasteiger partial charge in [0.2, 0.25) is 5.82 Å². The normalized spacial score (nSPS) is 12.3. The fourth-order valence-corrected chi connectivity index (χ4v) is 1.34. The Hall–Kier alpha value is -1.11. The zero-order valence-corrected chi connectivity index (χ0v) is 8.15. The summed E-state index contributed by atoms with van der Waals surface area (Å²) in [6.07, 6.45) is -3.07. The molecule has 7 heteroatoms. The Bertz CT molecular complexity index is 476. The molecule has 74 valence electrons. The third-order valence-electron chi connectivity index (χ3n) is 1.57. The molecule has 2 aromatic heterocycles. The van der Waals surface area contributed by atoms with Gasteiger partial charge in [0.15, 0.2) is 5.65 Å². The second-order valence-corrected chi connectivity index (χ2v) is 3.52. The molecule has 0 amide bonds. The lowest BCUT2D eigenvalue weighted by atomic mass is 10.4. The predicted molar refractivity (Wildman–Crippen MR) is 46.6 cm³/mol. The largest absolute Gasteiger partial charge is 0.449 e. The first-order valence-electron chi connectivity index (χ1n) is 3.55. The molecule has 0 atom stereocenters. The van der Waals surface area contributed by atoms with Crippen LogP contribution in [0.1, 0.15) is 5.82 Å². The van der Waals surface area contributed by atoms with Crippen LogP contribution in [0, 0.1) is 0 Å². The van der Waals surface area contributed by atoms with E-state index in [1.807, 2.05) is 0 Å². The van der Waals surface area contributed by atoms with Crippen molar-refractivity contribution in [1.29, 1.82) is 0 Å². The maximum atomic E-state index is 12.2. The van der Waals surface area contributed by atoms with Gasteiger partial charge in [0.25, 0.3) is 0 Å². The Morgan fingerprint density at radius 1 is 1.36 bits per heavy atom. The average Bonchev–Trinajstić information content (AvgIpc) is 2.45. The van der Waals surface area contributed by atoms with Crippen molar-refractivity contribution in [2.24, 2.45) is 0 Å². The molecular weight excluding hydrogens is 263 g/mol. The van der Waals surface area contributed by atoms with Crippen molar-refractivity contribution in [2.75, 3.05) is 0 Å². The van der Waals surface area contributed by atoms with E-state index in [-0.39, 0.29) is 11.2 Å². The van der Waals surface area contributed by atoms with E-state index in [1.54, 1.807) is 0 Å². The van der Waals surface area contributed by atoms with Gasteiger partial charge < -0.3 is 4.98 Å². The standard InChI is InChI=1S/C7H3BrF3N3/c8-3-1-4-5(12-2-3)14-6(13-4)7(9,10)11/h1-2H,(H,12,13,14). The monoisotopic (exact) mass is 265 g/mol. The summed E-state index contributed by atoms with van der Waals surface area (Å²) in [5.41, 5.74) is 0.312. The molecule has 0 radical (unpaired) electrons. The quantitative estimate of drug-likeness (QED) is 0.796. The number of nitrogens with one attached hydrogen (secondary N) is 1. The highest BCUT2D eigenvalue weighted by Gasteiger charge is 2.34. The lowest BCUT2D eigenvalue weighted by Crippen LogP contribution is -2.06. The van der Waals surface area contributed by atoms with Crippen LogP contribution >= 0.6 is 15.9 Å². The summed E-state index contributed by atoms with van der Waals surface area (Å²) >= 11 is 3.10. The number of aromatic amines is 1. The van der Waals surface area contributed by atoms with Gasteiger partial charge in [-0.3, -0.25) is 0 Å². The zero-order valence-electron chi connectivity index (χ0n) is 6.56. The van der Waals surface area contributed by atoms with Gasteiger partial charge in [-0.05, 0) is 22.0 Å². The maximum absolute atomic E-state index is 12.2. The summed E-state index contributed by atoms with van der Waals surface area (Å²) in [7, 11) is 0. The number of pyridine rings is 1. The Labute approximate surface area is 84.5 Å². The van der Waals surface area contributed by atoms with Crippen molar-refractivity contribution in [2.45, 2.75) is 6.18 Å². The van der Waals surface area contributed by atoms with Crippen LogP contribution in [0.3, 0.4) is 0 Å². The molecule has 0 aliphatic heterocycles. The van der Waals surface area contributed by atoms with Crippen LogP contribution in [-0.2, 0) is 6.18 Å². The minimum absolute atomic E-state index is 0.0560. The van der Waals surface area contributed by atoms with Crippen molar-refractivity contribution < 1.29 is 13.2 Å². The van der Waals surface area contributed by atoms with Crippen molar-refractivity contribution in [3.8, 4) is 0 Å². The number of hydrogen-bond acceptors (Lipinski definition) is 2. The van der Waals surface area contributed by atoms with Gasteiger partial charge >= 0.3 is 6.18 Å². The molecule has 2 rings (SSSR count). The van der Waals surface area contributed by atoms with Crippen molar-refractivity contribution >= 4 is 27.1 Å². The second kappa shape index (κ2) is 2.94. The van der Waals surface area contributed by atoms with Crippen molar-refractivity contribution in [3.05, 3.63) is 22.6 Å². The van der Waals surface area contributed by atoms with Gasteiger partial charge in [0.1, 0.15) is 0 Å². The van der Waals surface area contributed by atoms with Crippen LogP contribution in [0.25, 0.3) is 11.2 Å². The Morgan fingerprint density at radius 3 is 2.71 bits per heavy atom. The molecule has 3 nitrogen and oxygen atoms in total. The molecule has 0 unspecified atom stereocenters.